The van der Waals surface area contributed by atoms with E-state index in [0.29, 0.717) is 17.8 Å². The average molecular weight is 325 g/mol. The van der Waals surface area contributed by atoms with E-state index in [-0.39, 0.29) is 0 Å². The van der Waals surface area contributed by atoms with Crippen LogP contribution in [0, 0.1) is 11.8 Å². The molecule has 1 aromatic rings. The van der Waals surface area contributed by atoms with Crippen LogP contribution < -0.4 is 5.73 Å². The summed E-state index contributed by atoms with van der Waals surface area (Å²) in [7, 11) is 0. The molecule has 2 N–H and O–H groups in total. The van der Waals surface area contributed by atoms with Crippen molar-refractivity contribution in [2.45, 2.75) is 25.2 Å². The number of hydrogen-bond acceptors (Lipinski definition) is 1. The molecular formula is C24H23N. The van der Waals surface area contributed by atoms with Crippen LogP contribution in [0.2, 0.25) is 0 Å². The second kappa shape index (κ2) is 5.77. The van der Waals surface area contributed by atoms with E-state index in [1.807, 2.05) is 0 Å². The van der Waals surface area contributed by atoms with Crippen molar-refractivity contribution in [3.8, 4) is 0 Å². The smallest absolute Gasteiger partial charge is 0.0128 e. The summed E-state index contributed by atoms with van der Waals surface area (Å²) in [6.45, 7) is 0. The van der Waals surface area contributed by atoms with Crippen molar-refractivity contribution in [1.82, 2.24) is 0 Å². The first-order valence-corrected chi connectivity index (χ1v) is 9.32. The Hall–Kier alpha value is -2.54. The molecule has 25 heavy (non-hydrogen) atoms. The average Bonchev–Trinajstić information content (AvgIpc) is 2.68. The van der Waals surface area contributed by atoms with Crippen LogP contribution in [0.25, 0.3) is 0 Å². The Morgan fingerprint density at radius 2 is 1.56 bits per heavy atom. The summed E-state index contributed by atoms with van der Waals surface area (Å²) < 4.78 is 0. The van der Waals surface area contributed by atoms with E-state index in [1.165, 1.54) is 16.7 Å². The van der Waals surface area contributed by atoms with Crippen molar-refractivity contribution >= 4 is 0 Å². The first-order chi connectivity index (χ1) is 12.3. The van der Waals surface area contributed by atoms with Crippen LogP contribution >= 0.6 is 0 Å². The molecule has 3 unspecified atom stereocenters. The minimum Gasteiger partial charge on any atom is -0.402 e. The maximum Gasteiger partial charge on any atom is 0.0128 e. The van der Waals surface area contributed by atoms with Crippen LogP contribution in [0.4, 0.5) is 0 Å². The zero-order chi connectivity index (χ0) is 16.8. The summed E-state index contributed by atoms with van der Waals surface area (Å²) in [5.74, 6) is 1.40. The van der Waals surface area contributed by atoms with E-state index in [2.05, 4.69) is 72.9 Å². The Morgan fingerprint density at radius 3 is 2.36 bits per heavy atom. The lowest BCUT2D eigenvalue weighted by molar-refractivity contribution is 0.570. The molecule has 3 atom stereocenters. The van der Waals surface area contributed by atoms with E-state index in [4.69, 9.17) is 5.73 Å². The number of nitrogens with two attached hydrogens (primary N) is 1. The molecule has 4 aliphatic rings. The van der Waals surface area contributed by atoms with Gasteiger partial charge in [-0.3, -0.25) is 0 Å². The van der Waals surface area contributed by atoms with Gasteiger partial charge in [-0.1, -0.05) is 66.8 Å². The Bertz CT molecular complexity index is 889. The standard InChI is InChI=1S/C24H23N/c25-18-11-13-22-23-14-17(16-6-2-1-3-7-16)10-12-21(23)19-8-4-5-9-20(19)24(22)15-18/h1-10,12,15,17,19-20H,11,13-14,25H2. The van der Waals surface area contributed by atoms with Gasteiger partial charge in [-0.05, 0) is 53.2 Å². The summed E-state index contributed by atoms with van der Waals surface area (Å²) in [5, 5.41) is 0. The van der Waals surface area contributed by atoms with Crippen molar-refractivity contribution in [2.75, 3.05) is 0 Å². The first-order valence-electron chi connectivity index (χ1n) is 9.32. The molecule has 5 rings (SSSR count). The predicted octanol–water partition coefficient (Wildman–Crippen LogP) is 5.33. The van der Waals surface area contributed by atoms with Gasteiger partial charge in [0.05, 0.1) is 0 Å². The number of hydrogen-bond donors (Lipinski definition) is 1. The van der Waals surface area contributed by atoms with Gasteiger partial charge in [0.1, 0.15) is 0 Å². The van der Waals surface area contributed by atoms with E-state index < -0.39 is 0 Å². The largest absolute Gasteiger partial charge is 0.402 e. The van der Waals surface area contributed by atoms with Crippen molar-refractivity contribution < 1.29 is 0 Å². The van der Waals surface area contributed by atoms with E-state index >= 15 is 0 Å². The minimum atomic E-state index is 0.454. The minimum absolute atomic E-state index is 0.454. The lowest BCUT2D eigenvalue weighted by atomic mass is 9.64. The molecule has 124 valence electrons. The first kappa shape index (κ1) is 14.8. The molecule has 0 radical (unpaired) electrons. The van der Waals surface area contributed by atoms with Gasteiger partial charge in [0, 0.05) is 23.5 Å². The van der Waals surface area contributed by atoms with Crippen LogP contribution in [0.15, 0.2) is 101 Å². The molecule has 1 nitrogen and oxygen atoms in total. The van der Waals surface area contributed by atoms with Crippen molar-refractivity contribution in [1.29, 1.82) is 0 Å². The normalized spacial score (nSPS) is 29.9. The van der Waals surface area contributed by atoms with Gasteiger partial charge < -0.3 is 5.73 Å². The fourth-order valence-electron chi connectivity index (χ4n) is 4.86. The van der Waals surface area contributed by atoms with Crippen LogP contribution in [-0.2, 0) is 0 Å². The van der Waals surface area contributed by atoms with E-state index in [0.717, 1.165) is 25.0 Å². The number of fused-ring (bicyclic) bond motifs is 4. The quantitative estimate of drug-likeness (QED) is 0.742. The lowest BCUT2D eigenvalue weighted by Crippen LogP contribution is -2.27. The maximum absolute atomic E-state index is 6.20. The predicted molar refractivity (Wildman–Crippen MR) is 104 cm³/mol. The Labute approximate surface area is 149 Å². The zero-order valence-corrected chi connectivity index (χ0v) is 14.4. The topological polar surface area (TPSA) is 26.0 Å². The highest BCUT2D eigenvalue weighted by Gasteiger charge is 2.36. The van der Waals surface area contributed by atoms with Crippen molar-refractivity contribution in [2.24, 2.45) is 17.6 Å². The SMILES string of the molecule is NC1=CC2=C(CC1)C1=C(C=CC(c3ccccc3)C1)C1C=CC=CC21. The van der Waals surface area contributed by atoms with E-state index in [9.17, 15) is 0 Å². The van der Waals surface area contributed by atoms with Gasteiger partial charge in [0.25, 0.3) is 0 Å². The van der Waals surface area contributed by atoms with Crippen LogP contribution in [0.5, 0.6) is 0 Å². The lowest BCUT2D eigenvalue weighted by Gasteiger charge is -2.40. The fourth-order valence-corrected chi connectivity index (χ4v) is 4.86. The second-order valence-corrected chi connectivity index (χ2v) is 7.49. The third-order valence-corrected chi connectivity index (χ3v) is 6.08. The molecule has 0 aliphatic heterocycles. The number of allylic oxidation sites excluding steroid dienone is 12. The van der Waals surface area contributed by atoms with Gasteiger partial charge in [-0.2, -0.15) is 0 Å². The van der Waals surface area contributed by atoms with Crippen LogP contribution in [-0.4, -0.2) is 0 Å². The summed E-state index contributed by atoms with van der Waals surface area (Å²) in [5.41, 5.74) is 14.8. The Balaban J connectivity index is 1.61. The summed E-state index contributed by atoms with van der Waals surface area (Å²) in [6, 6.07) is 10.9. The third kappa shape index (κ3) is 2.38. The summed E-state index contributed by atoms with van der Waals surface area (Å²) in [6.07, 6.45) is 19.4. The van der Waals surface area contributed by atoms with Crippen LogP contribution in [0.3, 0.4) is 0 Å². The monoisotopic (exact) mass is 325 g/mol. The molecule has 0 amide bonds. The molecule has 0 aromatic heterocycles. The highest BCUT2D eigenvalue weighted by Crippen LogP contribution is 2.50. The van der Waals surface area contributed by atoms with Gasteiger partial charge in [-0.25, -0.2) is 0 Å². The number of benzene rings is 1. The Kier molecular flexibility index (Phi) is 3.41. The van der Waals surface area contributed by atoms with Gasteiger partial charge >= 0.3 is 0 Å². The zero-order valence-electron chi connectivity index (χ0n) is 14.4. The fraction of sp³-hybridized carbons (Fsp3) is 0.250. The molecule has 0 bridgehead atoms. The Morgan fingerprint density at radius 1 is 0.800 bits per heavy atom. The molecule has 0 saturated carbocycles. The molecule has 0 heterocycles. The van der Waals surface area contributed by atoms with E-state index in [1.54, 1.807) is 11.1 Å². The van der Waals surface area contributed by atoms with Crippen molar-refractivity contribution in [3.05, 3.63) is 106 Å². The van der Waals surface area contributed by atoms with Gasteiger partial charge in [0.2, 0.25) is 0 Å². The highest BCUT2D eigenvalue weighted by atomic mass is 14.6. The van der Waals surface area contributed by atoms with Gasteiger partial charge in [-0.15, -0.1) is 0 Å². The highest BCUT2D eigenvalue weighted by molar-refractivity contribution is 5.59. The number of rotatable bonds is 1. The summed E-state index contributed by atoms with van der Waals surface area (Å²) >= 11 is 0. The second-order valence-electron chi connectivity index (χ2n) is 7.49. The molecule has 0 fully saturated rings. The molecule has 1 aromatic carbocycles. The van der Waals surface area contributed by atoms with Crippen LogP contribution in [0.1, 0.15) is 30.7 Å². The molecular weight excluding hydrogens is 302 g/mol. The van der Waals surface area contributed by atoms with Gasteiger partial charge in [0.15, 0.2) is 0 Å². The summed E-state index contributed by atoms with van der Waals surface area (Å²) in [4.78, 5) is 0. The molecule has 1 heteroatoms. The molecule has 0 saturated heterocycles. The van der Waals surface area contributed by atoms with Crippen molar-refractivity contribution in [3.63, 3.8) is 0 Å². The third-order valence-electron chi connectivity index (χ3n) is 6.08. The molecule has 4 aliphatic carbocycles. The maximum atomic E-state index is 6.20. The molecule has 0 spiro atoms.